The lowest BCUT2D eigenvalue weighted by Crippen LogP contribution is -2.52. The van der Waals surface area contributed by atoms with E-state index in [9.17, 15) is 9.59 Å². The van der Waals surface area contributed by atoms with Crippen LogP contribution in [-0.2, 0) is 9.59 Å². The molecule has 1 aliphatic heterocycles. The average Bonchev–Trinajstić information content (AvgIpc) is 2.51. The zero-order chi connectivity index (χ0) is 16.9. The van der Waals surface area contributed by atoms with Gasteiger partial charge in [0.1, 0.15) is 0 Å². The Morgan fingerprint density at radius 1 is 1.04 bits per heavy atom. The van der Waals surface area contributed by atoms with Crippen LogP contribution in [0.15, 0.2) is 0 Å². The Kier molecular flexibility index (Phi) is 6.63. The fourth-order valence-electron chi connectivity index (χ4n) is 4.44. The highest BCUT2D eigenvalue weighted by molar-refractivity contribution is 5.98. The Bertz CT molecular complexity index is 392. The largest absolute Gasteiger partial charge is 0.304 e. The van der Waals surface area contributed by atoms with E-state index in [1.807, 2.05) is 6.92 Å². The number of imide groups is 1. The number of amides is 2. The zero-order valence-corrected chi connectivity index (χ0v) is 15.3. The average molecular weight is 322 g/mol. The van der Waals surface area contributed by atoms with Crippen LogP contribution in [0.25, 0.3) is 0 Å². The number of hydrogen-bond acceptors (Lipinski definition) is 3. The molecule has 4 heteroatoms. The van der Waals surface area contributed by atoms with Gasteiger partial charge in [0.25, 0.3) is 0 Å². The highest BCUT2D eigenvalue weighted by atomic mass is 16.2. The van der Waals surface area contributed by atoms with E-state index in [-0.39, 0.29) is 23.3 Å². The molecule has 0 radical (unpaired) electrons. The quantitative estimate of drug-likeness (QED) is 0.673. The van der Waals surface area contributed by atoms with Gasteiger partial charge in [-0.1, -0.05) is 33.1 Å². The molecule has 1 atom stereocenters. The Labute approximate surface area is 141 Å². The summed E-state index contributed by atoms with van der Waals surface area (Å²) in [5.41, 5.74) is 0.00383. The summed E-state index contributed by atoms with van der Waals surface area (Å²) in [7, 11) is 0. The van der Waals surface area contributed by atoms with Crippen LogP contribution >= 0.6 is 0 Å². The van der Waals surface area contributed by atoms with Gasteiger partial charge >= 0.3 is 0 Å². The third kappa shape index (κ3) is 4.56. The monoisotopic (exact) mass is 322 g/mol. The molecule has 0 N–H and O–H groups in total. The molecule has 0 bridgehead atoms. The molecule has 1 aliphatic carbocycles. The topological polar surface area (TPSA) is 40.6 Å². The van der Waals surface area contributed by atoms with Crippen LogP contribution in [0.4, 0.5) is 0 Å². The second-order valence-electron chi connectivity index (χ2n) is 7.59. The van der Waals surface area contributed by atoms with Gasteiger partial charge in [-0.15, -0.1) is 0 Å². The molecule has 0 aromatic carbocycles. The predicted molar refractivity (Wildman–Crippen MR) is 93.1 cm³/mol. The molecule has 2 amide bonds. The van der Waals surface area contributed by atoms with Crippen molar-refractivity contribution < 1.29 is 9.59 Å². The second kappa shape index (κ2) is 8.27. The van der Waals surface area contributed by atoms with E-state index < -0.39 is 0 Å². The van der Waals surface area contributed by atoms with Crippen molar-refractivity contribution in [1.29, 1.82) is 0 Å². The lowest BCUT2D eigenvalue weighted by atomic mass is 9.67. The van der Waals surface area contributed by atoms with E-state index in [1.54, 1.807) is 4.90 Å². The predicted octanol–water partition coefficient (Wildman–Crippen LogP) is 3.60. The number of piperidine rings is 1. The third-order valence-electron chi connectivity index (χ3n) is 5.94. The van der Waals surface area contributed by atoms with Crippen LogP contribution in [0.5, 0.6) is 0 Å². The van der Waals surface area contributed by atoms with Gasteiger partial charge in [-0.3, -0.25) is 14.5 Å². The summed E-state index contributed by atoms with van der Waals surface area (Å²) in [6.07, 6.45) is 8.91. The maximum atomic E-state index is 12.6. The van der Waals surface area contributed by atoms with Crippen LogP contribution in [0.3, 0.4) is 0 Å². The summed E-state index contributed by atoms with van der Waals surface area (Å²) in [6, 6.07) is 0.0477. The van der Waals surface area contributed by atoms with Crippen LogP contribution in [0.1, 0.15) is 78.6 Å². The minimum absolute atomic E-state index is 0.00383. The van der Waals surface area contributed by atoms with Crippen LogP contribution in [0, 0.1) is 5.41 Å². The van der Waals surface area contributed by atoms with Gasteiger partial charge in [0.2, 0.25) is 11.8 Å². The molecule has 0 unspecified atom stereocenters. The summed E-state index contributed by atoms with van der Waals surface area (Å²) in [5.74, 6) is 0.164. The first-order valence-corrected chi connectivity index (χ1v) is 9.58. The molecule has 1 heterocycles. The molecule has 2 rings (SSSR count). The van der Waals surface area contributed by atoms with Crippen molar-refractivity contribution in [3.63, 3.8) is 0 Å². The van der Waals surface area contributed by atoms with Gasteiger partial charge in [-0.2, -0.15) is 0 Å². The summed E-state index contributed by atoms with van der Waals surface area (Å²) in [4.78, 5) is 29.2. The minimum atomic E-state index is 0.00383. The summed E-state index contributed by atoms with van der Waals surface area (Å²) >= 11 is 0. The first-order chi connectivity index (χ1) is 11.0. The summed E-state index contributed by atoms with van der Waals surface area (Å²) < 4.78 is 0. The van der Waals surface area contributed by atoms with E-state index in [1.165, 1.54) is 19.3 Å². The molecular formula is C19H34N2O2. The molecule has 132 valence electrons. The van der Waals surface area contributed by atoms with Crippen molar-refractivity contribution in [3.05, 3.63) is 0 Å². The van der Waals surface area contributed by atoms with Gasteiger partial charge in [0.05, 0.1) is 0 Å². The highest BCUT2D eigenvalue weighted by Crippen LogP contribution is 2.45. The van der Waals surface area contributed by atoms with Crippen LogP contribution in [-0.4, -0.2) is 47.3 Å². The zero-order valence-electron chi connectivity index (χ0n) is 15.3. The lowest BCUT2D eigenvalue weighted by Gasteiger charge is -2.44. The van der Waals surface area contributed by atoms with E-state index in [4.69, 9.17) is 0 Å². The Morgan fingerprint density at radius 2 is 1.61 bits per heavy atom. The van der Waals surface area contributed by atoms with Gasteiger partial charge in [-0.05, 0) is 57.7 Å². The third-order valence-corrected chi connectivity index (χ3v) is 5.94. The normalized spacial score (nSPS) is 22.9. The maximum absolute atomic E-state index is 12.6. The van der Waals surface area contributed by atoms with E-state index in [0.29, 0.717) is 12.8 Å². The summed E-state index contributed by atoms with van der Waals surface area (Å²) in [5, 5.41) is 0. The number of carbonyl (C=O) groups is 2. The first-order valence-electron chi connectivity index (χ1n) is 9.58. The van der Waals surface area contributed by atoms with Gasteiger partial charge in [0.15, 0.2) is 0 Å². The number of likely N-dealkylation sites (tertiary alicyclic amines) is 1. The van der Waals surface area contributed by atoms with Crippen molar-refractivity contribution in [3.8, 4) is 0 Å². The lowest BCUT2D eigenvalue weighted by molar-refractivity contribution is -0.157. The highest BCUT2D eigenvalue weighted by Gasteiger charge is 2.45. The van der Waals surface area contributed by atoms with Crippen molar-refractivity contribution in [2.24, 2.45) is 5.41 Å². The van der Waals surface area contributed by atoms with Crippen molar-refractivity contribution in [2.45, 2.75) is 84.6 Å². The Balaban J connectivity index is 1.87. The van der Waals surface area contributed by atoms with Crippen molar-refractivity contribution in [1.82, 2.24) is 9.80 Å². The number of hydrogen-bond donors (Lipinski definition) is 0. The van der Waals surface area contributed by atoms with Gasteiger partial charge in [0, 0.05) is 18.9 Å². The Morgan fingerprint density at radius 3 is 2.13 bits per heavy atom. The number of rotatable bonds is 7. The molecular weight excluding hydrogens is 288 g/mol. The molecule has 2 aliphatic rings. The standard InChI is InChI=1S/C19H34N2O2/c1-4-20(5-2)13-9-10-16(3)21-17(22)14-19(15-18(21)23)11-7-6-8-12-19/h16H,4-15H2,1-3H3/t16-/m0/s1. The fraction of sp³-hybridized carbons (Fsp3) is 0.895. The molecule has 4 nitrogen and oxygen atoms in total. The fourth-order valence-corrected chi connectivity index (χ4v) is 4.44. The second-order valence-corrected chi connectivity index (χ2v) is 7.59. The molecule has 2 fully saturated rings. The van der Waals surface area contributed by atoms with E-state index >= 15 is 0 Å². The SMILES string of the molecule is CCN(CC)CCC[C@H](C)N1C(=O)CC2(CCCCC2)CC1=O. The smallest absolute Gasteiger partial charge is 0.229 e. The van der Waals surface area contributed by atoms with E-state index in [0.717, 1.165) is 45.3 Å². The molecule has 1 saturated carbocycles. The van der Waals surface area contributed by atoms with E-state index in [2.05, 4.69) is 18.7 Å². The summed E-state index contributed by atoms with van der Waals surface area (Å²) in [6.45, 7) is 9.57. The van der Waals surface area contributed by atoms with Gasteiger partial charge < -0.3 is 4.90 Å². The maximum Gasteiger partial charge on any atom is 0.229 e. The van der Waals surface area contributed by atoms with Crippen LogP contribution < -0.4 is 0 Å². The van der Waals surface area contributed by atoms with Crippen molar-refractivity contribution >= 4 is 11.8 Å². The minimum Gasteiger partial charge on any atom is -0.304 e. The first kappa shape index (κ1) is 18.4. The molecule has 1 saturated heterocycles. The van der Waals surface area contributed by atoms with Crippen LogP contribution in [0.2, 0.25) is 0 Å². The van der Waals surface area contributed by atoms with Gasteiger partial charge in [-0.25, -0.2) is 0 Å². The van der Waals surface area contributed by atoms with Crippen molar-refractivity contribution in [2.75, 3.05) is 19.6 Å². The number of carbonyl (C=O) groups excluding carboxylic acids is 2. The molecule has 23 heavy (non-hydrogen) atoms. The molecule has 0 aromatic rings. The molecule has 0 aromatic heterocycles. The molecule has 1 spiro atoms. The Hall–Kier alpha value is -0.900. The number of nitrogens with zero attached hydrogens (tertiary/aromatic N) is 2.